The molecule has 3 atom stereocenters. The van der Waals surface area contributed by atoms with Crippen LogP contribution in [0.1, 0.15) is 26.2 Å². The lowest BCUT2D eigenvalue weighted by Gasteiger charge is -2.25. The van der Waals surface area contributed by atoms with Crippen molar-refractivity contribution in [1.29, 1.82) is 0 Å². The summed E-state index contributed by atoms with van der Waals surface area (Å²) in [7, 11) is 0. The third kappa shape index (κ3) is 2.71. The topological polar surface area (TPSA) is 42.2 Å². The molecule has 1 aromatic rings. The molecule has 3 unspecified atom stereocenters. The zero-order chi connectivity index (χ0) is 12.4. The maximum Gasteiger partial charge on any atom is 0.157 e. The van der Waals surface area contributed by atoms with Gasteiger partial charge in [-0.25, -0.2) is 0 Å². The van der Waals surface area contributed by atoms with Gasteiger partial charge in [-0.3, -0.25) is 9.67 Å². The van der Waals surface area contributed by atoms with Gasteiger partial charge in [0.2, 0.25) is 0 Å². The monoisotopic (exact) mass is 264 g/mol. The Balaban J connectivity index is 1.56. The zero-order valence-electron chi connectivity index (χ0n) is 10.7. The normalized spacial score (nSPS) is 28.6. The van der Waals surface area contributed by atoms with Gasteiger partial charge in [-0.2, -0.15) is 5.10 Å². The summed E-state index contributed by atoms with van der Waals surface area (Å²) in [4.78, 5) is 4.85. The Hall–Kier alpha value is -0.970. The van der Waals surface area contributed by atoms with E-state index < -0.39 is 0 Å². The van der Waals surface area contributed by atoms with Crippen molar-refractivity contribution < 1.29 is 0 Å². The molecular weight excluding hydrogens is 244 g/mol. The van der Waals surface area contributed by atoms with E-state index in [1.165, 1.54) is 25.0 Å². The van der Waals surface area contributed by atoms with Gasteiger partial charge in [-0.1, -0.05) is 18.2 Å². The number of fused-ring (bicyclic) bond motifs is 1. The standard InChI is InChI=1S/C13H20N4S/c1-10(8-17-7-3-6-14-17)15-13-16-12-5-2-4-11(12)9-18-13/h3,6-7,10-12H,2,4-5,8-9H2,1H3,(H,15,16). The maximum absolute atomic E-state index is 4.85. The van der Waals surface area contributed by atoms with E-state index >= 15 is 0 Å². The Bertz CT molecular complexity index is 415. The van der Waals surface area contributed by atoms with Crippen LogP contribution in [-0.2, 0) is 6.54 Å². The molecule has 1 aliphatic carbocycles. The molecule has 0 aromatic carbocycles. The molecule has 18 heavy (non-hydrogen) atoms. The highest BCUT2D eigenvalue weighted by Crippen LogP contribution is 2.35. The second-order valence-electron chi connectivity index (χ2n) is 5.28. The summed E-state index contributed by atoms with van der Waals surface area (Å²) in [5.41, 5.74) is 0. The number of rotatable bonds is 3. The summed E-state index contributed by atoms with van der Waals surface area (Å²) < 4.78 is 1.96. The smallest absolute Gasteiger partial charge is 0.157 e. The Labute approximate surface area is 112 Å². The van der Waals surface area contributed by atoms with E-state index in [0.29, 0.717) is 12.1 Å². The summed E-state index contributed by atoms with van der Waals surface area (Å²) in [5, 5.41) is 8.89. The molecule has 2 heterocycles. The molecule has 98 valence electrons. The van der Waals surface area contributed by atoms with Gasteiger partial charge < -0.3 is 5.32 Å². The van der Waals surface area contributed by atoms with Crippen molar-refractivity contribution in [3.05, 3.63) is 18.5 Å². The molecule has 1 N–H and O–H groups in total. The van der Waals surface area contributed by atoms with Gasteiger partial charge in [-0.15, -0.1) is 0 Å². The molecule has 5 heteroatoms. The Morgan fingerprint density at radius 1 is 1.56 bits per heavy atom. The van der Waals surface area contributed by atoms with Crippen LogP contribution < -0.4 is 5.32 Å². The van der Waals surface area contributed by atoms with Crippen molar-refractivity contribution in [3.8, 4) is 0 Å². The summed E-state index contributed by atoms with van der Waals surface area (Å²) in [6, 6.07) is 2.92. The number of amidine groups is 1. The number of nitrogens with one attached hydrogen (secondary N) is 1. The molecule has 0 amide bonds. The Morgan fingerprint density at radius 3 is 3.33 bits per heavy atom. The van der Waals surface area contributed by atoms with Crippen LogP contribution in [0.15, 0.2) is 23.5 Å². The van der Waals surface area contributed by atoms with Crippen molar-refractivity contribution in [2.24, 2.45) is 10.9 Å². The van der Waals surface area contributed by atoms with Gasteiger partial charge in [0.05, 0.1) is 12.6 Å². The first-order valence-corrected chi connectivity index (χ1v) is 7.74. The SMILES string of the molecule is CC(Cn1cccn1)NC1=NC2CCCC2CS1. The Kier molecular flexibility index (Phi) is 3.59. The van der Waals surface area contributed by atoms with E-state index in [-0.39, 0.29) is 0 Å². The second kappa shape index (κ2) is 5.34. The van der Waals surface area contributed by atoms with Crippen LogP contribution in [-0.4, -0.2) is 32.8 Å². The quantitative estimate of drug-likeness (QED) is 0.909. The van der Waals surface area contributed by atoms with Gasteiger partial charge in [-0.05, 0) is 31.7 Å². The van der Waals surface area contributed by atoms with E-state index in [1.54, 1.807) is 0 Å². The number of thioether (sulfide) groups is 1. The first-order valence-electron chi connectivity index (χ1n) is 6.76. The Morgan fingerprint density at radius 2 is 2.50 bits per heavy atom. The number of aliphatic imine (C=N–C) groups is 1. The van der Waals surface area contributed by atoms with E-state index in [2.05, 4.69) is 17.3 Å². The molecule has 1 aromatic heterocycles. The maximum atomic E-state index is 4.85. The van der Waals surface area contributed by atoms with Crippen LogP contribution in [0.3, 0.4) is 0 Å². The highest BCUT2D eigenvalue weighted by atomic mass is 32.2. The predicted octanol–water partition coefficient (Wildman–Crippen LogP) is 2.13. The molecule has 1 aliphatic heterocycles. The molecule has 1 fully saturated rings. The van der Waals surface area contributed by atoms with Gasteiger partial charge in [0.25, 0.3) is 0 Å². The van der Waals surface area contributed by atoms with Crippen molar-refractivity contribution in [2.45, 2.75) is 44.8 Å². The number of hydrogen-bond acceptors (Lipinski definition) is 4. The van der Waals surface area contributed by atoms with Crippen molar-refractivity contribution in [1.82, 2.24) is 15.1 Å². The van der Waals surface area contributed by atoms with Crippen LogP contribution in [0.25, 0.3) is 0 Å². The van der Waals surface area contributed by atoms with Gasteiger partial charge in [0, 0.05) is 24.2 Å². The van der Waals surface area contributed by atoms with Gasteiger partial charge in [0.15, 0.2) is 5.17 Å². The van der Waals surface area contributed by atoms with Crippen LogP contribution in [0.4, 0.5) is 0 Å². The lowest BCUT2D eigenvalue weighted by Crippen LogP contribution is -2.37. The summed E-state index contributed by atoms with van der Waals surface area (Å²) >= 11 is 1.89. The molecule has 3 rings (SSSR count). The fraction of sp³-hybridized carbons (Fsp3) is 0.692. The second-order valence-corrected chi connectivity index (χ2v) is 6.29. The van der Waals surface area contributed by atoms with Gasteiger partial charge >= 0.3 is 0 Å². The minimum absolute atomic E-state index is 0.370. The third-order valence-electron chi connectivity index (χ3n) is 3.73. The van der Waals surface area contributed by atoms with E-state index in [4.69, 9.17) is 4.99 Å². The molecule has 0 spiro atoms. The minimum atomic E-state index is 0.370. The van der Waals surface area contributed by atoms with Crippen molar-refractivity contribution >= 4 is 16.9 Å². The first-order chi connectivity index (χ1) is 8.81. The van der Waals surface area contributed by atoms with Crippen LogP contribution in [0, 0.1) is 5.92 Å². The lowest BCUT2D eigenvalue weighted by molar-refractivity contribution is 0.498. The summed E-state index contributed by atoms with van der Waals surface area (Å²) in [6.45, 7) is 3.08. The number of hydrogen-bond donors (Lipinski definition) is 1. The molecular formula is C13H20N4S. The number of aromatic nitrogens is 2. The average Bonchev–Trinajstić information content (AvgIpc) is 2.98. The molecule has 0 bridgehead atoms. The van der Waals surface area contributed by atoms with E-state index in [9.17, 15) is 0 Å². The van der Waals surface area contributed by atoms with Crippen LogP contribution in [0.5, 0.6) is 0 Å². The lowest BCUT2D eigenvalue weighted by atomic mass is 10.1. The minimum Gasteiger partial charge on any atom is -0.361 e. The highest BCUT2D eigenvalue weighted by Gasteiger charge is 2.31. The van der Waals surface area contributed by atoms with Crippen molar-refractivity contribution in [3.63, 3.8) is 0 Å². The highest BCUT2D eigenvalue weighted by molar-refractivity contribution is 8.13. The van der Waals surface area contributed by atoms with E-state index in [0.717, 1.165) is 17.6 Å². The molecule has 0 saturated heterocycles. The largest absolute Gasteiger partial charge is 0.361 e. The summed E-state index contributed by atoms with van der Waals surface area (Å²) in [6.07, 6.45) is 7.83. The summed E-state index contributed by atoms with van der Waals surface area (Å²) in [5.74, 6) is 2.08. The fourth-order valence-corrected chi connectivity index (χ4v) is 4.04. The molecule has 4 nitrogen and oxygen atoms in total. The van der Waals surface area contributed by atoms with Gasteiger partial charge in [0.1, 0.15) is 0 Å². The van der Waals surface area contributed by atoms with E-state index in [1.807, 2.05) is 34.9 Å². The fourth-order valence-electron chi connectivity index (χ4n) is 2.78. The predicted molar refractivity (Wildman–Crippen MR) is 75.8 cm³/mol. The molecule has 1 saturated carbocycles. The van der Waals surface area contributed by atoms with Crippen molar-refractivity contribution in [2.75, 3.05) is 5.75 Å². The number of nitrogens with zero attached hydrogens (tertiary/aromatic N) is 3. The third-order valence-corrected chi connectivity index (χ3v) is 4.82. The van der Waals surface area contributed by atoms with Crippen LogP contribution in [0.2, 0.25) is 0 Å². The average molecular weight is 264 g/mol. The zero-order valence-corrected chi connectivity index (χ0v) is 11.6. The molecule has 0 radical (unpaired) electrons. The van der Waals surface area contributed by atoms with Crippen LogP contribution >= 0.6 is 11.8 Å². The first kappa shape index (κ1) is 12.1. The molecule has 2 aliphatic rings.